The van der Waals surface area contributed by atoms with Gasteiger partial charge in [-0.25, -0.2) is 8.78 Å². The lowest BCUT2D eigenvalue weighted by Gasteiger charge is -2.18. The minimum atomic E-state index is -0.507. The average molecular weight is 226 g/mol. The highest BCUT2D eigenvalue weighted by molar-refractivity contribution is 5.47. The molecule has 1 heterocycles. The summed E-state index contributed by atoms with van der Waals surface area (Å²) in [6.45, 7) is 2.69. The highest BCUT2D eigenvalue weighted by atomic mass is 19.1. The molecule has 1 aromatic rings. The van der Waals surface area contributed by atoms with Crippen LogP contribution >= 0.6 is 0 Å². The Hall–Kier alpha value is -1.16. The van der Waals surface area contributed by atoms with E-state index < -0.39 is 11.6 Å². The monoisotopic (exact) mass is 226 g/mol. The average Bonchev–Trinajstić information content (AvgIpc) is 2.65. The van der Waals surface area contributed by atoms with Gasteiger partial charge in [-0.05, 0) is 38.1 Å². The number of anilines is 1. The Morgan fingerprint density at radius 2 is 2.00 bits per heavy atom. The first kappa shape index (κ1) is 11.3. The Labute approximate surface area is 94.3 Å². The minimum Gasteiger partial charge on any atom is -0.371 e. The molecule has 1 N–H and O–H groups in total. The molecule has 1 aliphatic heterocycles. The van der Waals surface area contributed by atoms with Crippen LogP contribution in [-0.2, 0) is 0 Å². The normalized spacial score (nSPS) is 20.4. The predicted octanol–water partition coefficient (Wildman–Crippen LogP) is 2.01. The highest BCUT2D eigenvalue weighted by Crippen LogP contribution is 2.24. The molecule has 2 rings (SSSR count). The molecule has 1 saturated heterocycles. The number of nitrogens with one attached hydrogen (secondary N) is 1. The van der Waals surface area contributed by atoms with E-state index in [0.717, 1.165) is 32.1 Å². The van der Waals surface area contributed by atoms with E-state index >= 15 is 0 Å². The maximum Gasteiger partial charge on any atom is 0.128 e. The minimum absolute atomic E-state index is 0.507. The third kappa shape index (κ3) is 2.50. The summed E-state index contributed by atoms with van der Waals surface area (Å²) in [5, 5.41) is 3.13. The largest absolute Gasteiger partial charge is 0.371 e. The van der Waals surface area contributed by atoms with Crippen LogP contribution in [0.1, 0.15) is 6.42 Å². The molecule has 0 saturated carbocycles. The van der Waals surface area contributed by atoms with Gasteiger partial charge in [0.25, 0.3) is 0 Å². The summed E-state index contributed by atoms with van der Waals surface area (Å²) < 4.78 is 26.1. The van der Waals surface area contributed by atoms with Crippen LogP contribution in [0.5, 0.6) is 0 Å². The summed E-state index contributed by atoms with van der Waals surface area (Å²) in [6, 6.07) is 3.69. The zero-order chi connectivity index (χ0) is 11.5. The van der Waals surface area contributed by atoms with Crippen LogP contribution in [0.3, 0.4) is 0 Å². The van der Waals surface area contributed by atoms with Gasteiger partial charge < -0.3 is 10.2 Å². The van der Waals surface area contributed by atoms with Gasteiger partial charge in [-0.2, -0.15) is 0 Å². The van der Waals surface area contributed by atoms with E-state index in [1.807, 2.05) is 11.9 Å². The maximum atomic E-state index is 13.0. The van der Waals surface area contributed by atoms with E-state index in [4.69, 9.17) is 0 Å². The smallest absolute Gasteiger partial charge is 0.128 e. The molecule has 1 unspecified atom stereocenters. The van der Waals surface area contributed by atoms with Gasteiger partial charge in [0.05, 0.1) is 0 Å². The summed E-state index contributed by atoms with van der Waals surface area (Å²) >= 11 is 0. The number of hydrogen-bond acceptors (Lipinski definition) is 2. The van der Waals surface area contributed by atoms with Gasteiger partial charge in [0.15, 0.2) is 0 Å². The van der Waals surface area contributed by atoms with Crippen molar-refractivity contribution in [3.05, 3.63) is 29.8 Å². The van der Waals surface area contributed by atoms with E-state index in [1.165, 1.54) is 12.1 Å². The zero-order valence-electron chi connectivity index (χ0n) is 9.34. The van der Waals surface area contributed by atoms with Crippen LogP contribution in [0.25, 0.3) is 0 Å². The molecule has 0 aliphatic carbocycles. The summed E-state index contributed by atoms with van der Waals surface area (Å²) in [6.07, 6.45) is 1.07. The number of hydrogen-bond donors (Lipinski definition) is 1. The van der Waals surface area contributed by atoms with E-state index in [0.29, 0.717) is 11.6 Å². The van der Waals surface area contributed by atoms with Crippen molar-refractivity contribution in [2.45, 2.75) is 6.42 Å². The molecule has 1 fully saturated rings. The van der Waals surface area contributed by atoms with Crippen LogP contribution in [0.15, 0.2) is 18.2 Å². The number of rotatable bonds is 3. The second-order valence-corrected chi connectivity index (χ2v) is 4.29. The van der Waals surface area contributed by atoms with Crippen LogP contribution < -0.4 is 10.2 Å². The second-order valence-electron chi connectivity index (χ2n) is 4.29. The van der Waals surface area contributed by atoms with Gasteiger partial charge in [-0.15, -0.1) is 0 Å². The van der Waals surface area contributed by atoms with Crippen molar-refractivity contribution in [3.63, 3.8) is 0 Å². The van der Waals surface area contributed by atoms with Gasteiger partial charge in [-0.1, -0.05) is 0 Å². The number of nitrogens with zero attached hydrogens (tertiary/aromatic N) is 1. The van der Waals surface area contributed by atoms with Gasteiger partial charge in [-0.3, -0.25) is 0 Å². The first-order valence-electron chi connectivity index (χ1n) is 5.54. The van der Waals surface area contributed by atoms with Gasteiger partial charge in [0, 0.05) is 24.8 Å². The van der Waals surface area contributed by atoms with Crippen molar-refractivity contribution in [1.82, 2.24) is 5.32 Å². The fourth-order valence-corrected chi connectivity index (χ4v) is 2.24. The van der Waals surface area contributed by atoms with Crippen LogP contribution in [0.2, 0.25) is 0 Å². The highest BCUT2D eigenvalue weighted by Gasteiger charge is 2.22. The third-order valence-corrected chi connectivity index (χ3v) is 2.99. The topological polar surface area (TPSA) is 15.3 Å². The third-order valence-electron chi connectivity index (χ3n) is 2.99. The molecule has 0 amide bonds. The van der Waals surface area contributed by atoms with Crippen LogP contribution in [0, 0.1) is 17.6 Å². The first-order chi connectivity index (χ1) is 7.69. The summed E-state index contributed by atoms with van der Waals surface area (Å²) in [5.41, 5.74) is 0.649. The quantitative estimate of drug-likeness (QED) is 0.848. The van der Waals surface area contributed by atoms with Gasteiger partial charge >= 0.3 is 0 Å². The standard InChI is InChI=1S/C12H16F2N2/c1-15-7-9-2-3-16(8-9)12-5-10(13)4-11(14)6-12/h4-6,9,15H,2-3,7-8H2,1H3. The molecule has 1 aliphatic rings. The van der Waals surface area contributed by atoms with E-state index in [-0.39, 0.29) is 0 Å². The van der Waals surface area contributed by atoms with Crippen molar-refractivity contribution >= 4 is 5.69 Å². The molecule has 0 aromatic heterocycles. The first-order valence-corrected chi connectivity index (χ1v) is 5.54. The Kier molecular flexibility index (Phi) is 3.39. The fraction of sp³-hybridized carbons (Fsp3) is 0.500. The SMILES string of the molecule is CNCC1CCN(c2cc(F)cc(F)c2)C1. The molecule has 16 heavy (non-hydrogen) atoms. The molecule has 0 spiro atoms. The molecule has 4 heteroatoms. The molecule has 1 aromatic carbocycles. The molecule has 2 nitrogen and oxygen atoms in total. The van der Waals surface area contributed by atoms with Crippen molar-refractivity contribution in [1.29, 1.82) is 0 Å². The zero-order valence-corrected chi connectivity index (χ0v) is 9.34. The molecule has 1 atom stereocenters. The lowest BCUT2D eigenvalue weighted by atomic mass is 10.1. The predicted molar refractivity (Wildman–Crippen MR) is 60.6 cm³/mol. The molecule has 88 valence electrons. The summed E-state index contributed by atoms with van der Waals surface area (Å²) in [4.78, 5) is 2.04. The van der Waals surface area contributed by atoms with Gasteiger partial charge in [0.1, 0.15) is 11.6 Å². The van der Waals surface area contributed by atoms with Crippen molar-refractivity contribution in [2.75, 3.05) is 31.6 Å². The lowest BCUT2D eigenvalue weighted by Crippen LogP contribution is -2.24. The Balaban J connectivity index is 2.08. The maximum absolute atomic E-state index is 13.0. The number of benzene rings is 1. The Bertz CT molecular complexity index is 348. The van der Waals surface area contributed by atoms with Crippen LogP contribution in [-0.4, -0.2) is 26.7 Å². The number of halogens is 2. The summed E-state index contributed by atoms with van der Waals surface area (Å²) in [5.74, 6) is -0.449. The van der Waals surface area contributed by atoms with Crippen molar-refractivity contribution in [2.24, 2.45) is 5.92 Å². The molecule has 0 radical (unpaired) electrons. The van der Waals surface area contributed by atoms with Crippen molar-refractivity contribution in [3.8, 4) is 0 Å². The van der Waals surface area contributed by atoms with E-state index in [9.17, 15) is 8.78 Å². The van der Waals surface area contributed by atoms with Crippen LogP contribution in [0.4, 0.5) is 14.5 Å². The second kappa shape index (κ2) is 4.78. The Morgan fingerprint density at radius 1 is 1.31 bits per heavy atom. The lowest BCUT2D eigenvalue weighted by molar-refractivity contribution is 0.548. The summed E-state index contributed by atoms with van der Waals surface area (Å²) in [7, 11) is 1.92. The Morgan fingerprint density at radius 3 is 2.62 bits per heavy atom. The fourth-order valence-electron chi connectivity index (χ4n) is 2.24. The molecular formula is C12H16F2N2. The van der Waals surface area contributed by atoms with Crippen molar-refractivity contribution < 1.29 is 8.78 Å². The van der Waals surface area contributed by atoms with E-state index in [2.05, 4.69) is 5.32 Å². The van der Waals surface area contributed by atoms with Gasteiger partial charge in [0.2, 0.25) is 0 Å². The molecule has 0 bridgehead atoms. The molecular weight excluding hydrogens is 210 g/mol. The van der Waals surface area contributed by atoms with E-state index in [1.54, 1.807) is 0 Å².